The molecule has 21 heavy (non-hydrogen) atoms. The molecule has 0 saturated heterocycles. The van der Waals surface area contributed by atoms with Gasteiger partial charge in [-0.05, 0) is 30.5 Å². The van der Waals surface area contributed by atoms with Crippen LogP contribution >= 0.6 is 0 Å². The Balaban J connectivity index is 1.54. The molecule has 0 bridgehead atoms. The summed E-state index contributed by atoms with van der Waals surface area (Å²) in [6.07, 6.45) is 2.10. The second-order valence-corrected chi connectivity index (χ2v) is 4.85. The molecule has 0 radical (unpaired) electrons. The smallest absolute Gasteiger partial charge is 0.220 e. The minimum atomic E-state index is 0.0857. The number of carbonyl (C=O) groups excluding carboxylic acids is 1. The molecule has 3 nitrogen and oxygen atoms in total. The van der Waals surface area contributed by atoms with E-state index in [-0.39, 0.29) is 5.91 Å². The van der Waals surface area contributed by atoms with Crippen molar-refractivity contribution < 1.29 is 9.53 Å². The van der Waals surface area contributed by atoms with Gasteiger partial charge in [0.05, 0.1) is 6.61 Å². The summed E-state index contributed by atoms with van der Waals surface area (Å²) in [5, 5.41) is 2.94. The quantitative estimate of drug-likeness (QED) is 0.756. The Morgan fingerprint density at radius 3 is 2.33 bits per heavy atom. The van der Waals surface area contributed by atoms with Gasteiger partial charge in [0.2, 0.25) is 5.91 Å². The van der Waals surface area contributed by atoms with Crippen LogP contribution < -0.4 is 10.1 Å². The van der Waals surface area contributed by atoms with Crippen molar-refractivity contribution >= 4 is 5.91 Å². The number of nitrogens with one attached hydrogen (secondary N) is 1. The first-order chi connectivity index (χ1) is 10.3. The molecule has 0 aliphatic heterocycles. The summed E-state index contributed by atoms with van der Waals surface area (Å²) in [7, 11) is 0. The highest BCUT2D eigenvalue weighted by Gasteiger charge is 2.01. The van der Waals surface area contributed by atoms with Crippen LogP contribution in [0.1, 0.15) is 18.4 Å². The van der Waals surface area contributed by atoms with E-state index in [1.165, 1.54) is 5.56 Å². The van der Waals surface area contributed by atoms with Gasteiger partial charge in [-0.25, -0.2) is 0 Å². The normalized spacial score (nSPS) is 10.1. The maximum absolute atomic E-state index is 11.7. The summed E-state index contributed by atoms with van der Waals surface area (Å²) in [6, 6.07) is 19.8. The first kappa shape index (κ1) is 15.1. The topological polar surface area (TPSA) is 38.3 Å². The Labute approximate surface area is 126 Å². The fraction of sp³-hybridized carbons (Fsp3) is 0.278. The molecule has 0 heterocycles. The van der Waals surface area contributed by atoms with E-state index in [1.54, 1.807) is 0 Å². The molecule has 0 unspecified atom stereocenters. The molecular formula is C18H21NO2. The lowest BCUT2D eigenvalue weighted by molar-refractivity contribution is -0.121. The summed E-state index contributed by atoms with van der Waals surface area (Å²) < 4.78 is 5.55. The van der Waals surface area contributed by atoms with Crippen molar-refractivity contribution in [2.24, 2.45) is 0 Å². The number of hydrogen-bond acceptors (Lipinski definition) is 2. The van der Waals surface area contributed by atoms with Gasteiger partial charge in [0.1, 0.15) is 5.75 Å². The zero-order valence-electron chi connectivity index (χ0n) is 12.1. The molecule has 0 spiro atoms. The molecule has 1 amide bonds. The van der Waals surface area contributed by atoms with Gasteiger partial charge >= 0.3 is 0 Å². The number of hydrogen-bond donors (Lipinski definition) is 1. The van der Waals surface area contributed by atoms with Crippen LogP contribution in [0, 0.1) is 0 Å². The average Bonchev–Trinajstić information content (AvgIpc) is 2.54. The molecule has 0 fully saturated rings. The highest BCUT2D eigenvalue weighted by Crippen LogP contribution is 2.08. The van der Waals surface area contributed by atoms with E-state index >= 15 is 0 Å². The van der Waals surface area contributed by atoms with Crippen molar-refractivity contribution in [2.45, 2.75) is 19.3 Å². The highest BCUT2D eigenvalue weighted by atomic mass is 16.5. The number of para-hydroxylation sites is 1. The van der Waals surface area contributed by atoms with Crippen LogP contribution in [0.2, 0.25) is 0 Å². The van der Waals surface area contributed by atoms with Gasteiger partial charge in [-0.15, -0.1) is 0 Å². The molecule has 2 rings (SSSR count). The Bertz CT molecular complexity index is 525. The number of rotatable bonds is 8. The van der Waals surface area contributed by atoms with Gasteiger partial charge in [0.15, 0.2) is 0 Å². The lowest BCUT2D eigenvalue weighted by Gasteiger charge is -2.07. The summed E-state index contributed by atoms with van der Waals surface area (Å²) in [5.74, 6) is 0.935. The Hall–Kier alpha value is -2.29. The van der Waals surface area contributed by atoms with Crippen LogP contribution in [0.15, 0.2) is 60.7 Å². The summed E-state index contributed by atoms with van der Waals surface area (Å²) in [5.41, 5.74) is 1.24. The van der Waals surface area contributed by atoms with Crippen LogP contribution in [-0.2, 0) is 11.2 Å². The second kappa shape index (κ2) is 8.80. The van der Waals surface area contributed by atoms with E-state index in [0.29, 0.717) is 19.6 Å². The molecule has 110 valence electrons. The first-order valence-corrected chi connectivity index (χ1v) is 7.33. The molecule has 1 N–H and O–H groups in total. The molecular weight excluding hydrogens is 262 g/mol. The number of ether oxygens (including phenoxy) is 1. The standard InChI is InChI=1S/C18H21NO2/c20-18(19-14-13-16-8-3-1-4-9-16)12-7-15-21-17-10-5-2-6-11-17/h1-6,8-11H,7,12-15H2,(H,19,20). The highest BCUT2D eigenvalue weighted by molar-refractivity contribution is 5.75. The third kappa shape index (κ3) is 6.13. The van der Waals surface area contributed by atoms with Crippen LogP contribution in [0.3, 0.4) is 0 Å². The van der Waals surface area contributed by atoms with Gasteiger partial charge in [-0.1, -0.05) is 48.5 Å². The molecule has 0 aliphatic rings. The van der Waals surface area contributed by atoms with Crippen molar-refractivity contribution in [1.29, 1.82) is 0 Å². The molecule has 3 heteroatoms. The molecule has 0 atom stereocenters. The molecule has 0 saturated carbocycles. The van der Waals surface area contributed by atoms with E-state index in [0.717, 1.165) is 18.6 Å². The van der Waals surface area contributed by atoms with Crippen molar-refractivity contribution in [2.75, 3.05) is 13.2 Å². The summed E-state index contributed by atoms with van der Waals surface area (Å²) in [4.78, 5) is 11.7. The van der Waals surface area contributed by atoms with Gasteiger partial charge < -0.3 is 10.1 Å². The zero-order chi connectivity index (χ0) is 14.8. The maximum Gasteiger partial charge on any atom is 0.220 e. The van der Waals surface area contributed by atoms with Gasteiger partial charge in [-0.2, -0.15) is 0 Å². The number of benzene rings is 2. The van der Waals surface area contributed by atoms with Gasteiger partial charge in [-0.3, -0.25) is 4.79 Å². The van der Waals surface area contributed by atoms with Crippen LogP contribution in [0.5, 0.6) is 5.75 Å². The molecule has 0 aliphatic carbocycles. The average molecular weight is 283 g/mol. The molecule has 2 aromatic rings. The van der Waals surface area contributed by atoms with E-state index in [1.807, 2.05) is 48.5 Å². The SMILES string of the molecule is O=C(CCCOc1ccccc1)NCCc1ccccc1. The summed E-state index contributed by atoms with van der Waals surface area (Å²) in [6.45, 7) is 1.25. The van der Waals surface area contributed by atoms with Gasteiger partial charge in [0, 0.05) is 13.0 Å². The molecule has 2 aromatic carbocycles. The Morgan fingerprint density at radius 1 is 0.952 bits per heavy atom. The van der Waals surface area contributed by atoms with Crippen LogP contribution in [0.25, 0.3) is 0 Å². The zero-order valence-corrected chi connectivity index (χ0v) is 12.1. The third-order valence-corrected chi connectivity index (χ3v) is 3.14. The number of carbonyl (C=O) groups is 1. The van der Waals surface area contributed by atoms with Crippen molar-refractivity contribution in [1.82, 2.24) is 5.32 Å². The Kier molecular flexibility index (Phi) is 6.33. The minimum absolute atomic E-state index is 0.0857. The lowest BCUT2D eigenvalue weighted by atomic mass is 10.1. The summed E-state index contributed by atoms with van der Waals surface area (Å²) >= 11 is 0. The van der Waals surface area contributed by atoms with Crippen LogP contribution in [0.4, 0.5) is 0 Å². The second-order valence-electron chi connectivity index (χ2n) is 4.85. The van der Waals surface area contributed by atoms with Gasteiger partial charge in [0.25, 0.3) is 0 Å². The minimum Gasteiger partial charge on any atom is -0.494 e. The van der Waals surface area contributed by atoms with E-state index in [4.69, 9.17) is 4.74 Å². The largest absolute Gasteiger partial charge is 0.494 e. The van der Waals surface area contributed by atoms with Crippen molar-refractivity contribution in [3.8, 4) is 5.75 Å². The van der Waals surface area contributed by atoms with Crippen LogP contribution in [-0.4, -0.2) is 19.1 Å². The van der Waals surface area contributed by atoms with E-state index < -0.39 is 0 Å². The van der Waals surface area contributed by atoms with E-state index in [2.05, 4.69) is 17.4 Å². The van der Waals surface area contributed by atoms with Crippen molar-refractivity contribution in [3.05, 3.63) is 66.2 Å². The lowest BCUT2D eigenvalue weighted by Crippen LogP contribution is -2.25. The van der Waals surface area contributed by atoms with Crippen molar-refractivity contribution in [3.63, 3.8) is 0 Å². The third-order valence-electron chi connectivity index (χ3n) is 3.14. The Morgan fingerprint density at radius 2 is 1.62 bits per heavy atom. The predicted octanol–water partition coefficient (Wildman–Crippen LogP) is 3.20. The monoisotopic (exact) mass is 283 g/mol. The number of amides is 1. The fourth-order valence-electron chi connectivity index (χ4n) is 2.02. The first-order valence-electron chi connectivity index (χ1n) is 7.33. The fourth-order valence-corrected chi connectivity index (χ4v) is 2.02. The predicted molar refractivity (Wildman–Crippen MR) is 84.3 cm³/mol. The van der Waals surface area contributed by atoms with E-state index in [9.17, 15) is 4.79 Å². The maximum atomic E-state index is 11.7. The molecule has 0 aromatic heterocycles.